The summed E-state index contributed by atoms with van der Waals surface area (Å²) in [4.78, 5) is 32.5. The van der Waals surface area contributed by atoms with Gasteiger partial charge < -0.3 is 24.8 Å². The zero-order chi connectivity index (χ0) is 22.1. The van der Waals surface area contributed by atoms with Gasteiger partial charge in [-0.05, 0) is 50.0 Å². The first-order valence-corrected chi connectivity index (χ1v) is 11.8. The molecule has 7 nitrogen and oxygen atoms in total. The van der Waals surface area contributed by atoms with Crippen LogP contribution in [0.5, 0.6) is 5.75 Å². The van der Waals surface area contributed by atoms with Crippen LogP contribution in [0.4, 0.5) is 0 Å². The van der Waals surface area contributed by atoms with E-state index in [9.17, 15) is 9.59 Å². The molecule has 0 bridgehead atoms. The van der Waals surface area contributed by atoms with Gasteiger partial charge in [-0.15, -0.1) is 0 Å². The molecule has 1 unspecified atom stereocenters. The third-order valence-electron chi connectivity index (χ3n) is 6.47. The number of hydrogen-bond donors (Lipinski definition) is 1. The minimum atomic E-state index is -0.394. The Morgan fingerprint density at radius 2 is 1.94 bits per heavy atom. The van der Waals surface area contributed by atoms with E-state index in [0.717, 1.165) is 76.3 Å². The van der Waals surface area contributed by atoms with Crippen LogP contribution < -0.4 is 10.1 Å². The van der Waals surface area contributed by atoms with Gasteiger partial charge >= 0.3 is 0 Å². The normalized spacial score (nSPS) is 21.0. The quantitative estimate of drug-likeness (QED) is 0.608. The number of nitrogens with zero attached hydrogens (tertiary/aromatic N) is 3. The molecule has 0 spiro atoms. The van der Waals surface area contributed by atoms with Crippen LogP contribution in [0.15, 0.2) is 24.3 Å². The summed E-state index contributed by atoms with van der Waals surface area (Å²) >= 11 is 0. The molecule has 0 saturated carbocycles. The van der Waals surface area contributed by atoms with E-state index >= 15 is 0 Å². The Morgan fingerprint density at radius 1 is 1.16 bits per heavy atom. The Kier molecular flexibility index (Phi) is 9.15. The summed E-state index contributed by atoms with van der Waals surface area (Å²) in [6.45, 7) is 9.91. The van der Waals surface area contributed by atoms with Crippen molar-refractivity contribution in [3.05, 3.63) is 29.8 Å². The van der Waals surface area contributed by atoms with Crippen molar-refractivity contribution in [2.24, 2.45) is 0 Å². The van der Waals surface area contributed by atoms with Gasteiger partial charge in [0.15, 0.2) is 0 Å². The van der Waals surface area contributed by atoms with E-state index in [1.165, 1.54) is 0 Å². The lowest BCUT2D eigenvalue weighted by molar-refractivity contribution is -0.140. The Hall–Kier alpha value is -2.12. The molecular formula is C24H38N4O3. The standard InChI is InChI=1S/C24H38N4O3/c1-3-26-14-16-27(17-15-26)13-7-12-25-24(30)22-10-4-5-11-23(29)28(22)19-20-8-6-9-21(18-20)31-2/h6,8-9,18,22H,3-5,7,10-17,19H2,1-2H3,(H,25,30). The lowest BCUT2D eigenvalue weighted by Gasteiger charge is -2.34. The molecule has 1 aromatic carbocycles. The fourth-order valence-corrected chi connectivity index (χ4v) is 4.49. The van der Waals surface area contributed by atoms with Gasteiger partial charge in [0.2, 0.25) is 11.8 Å². The van der Waals surface area contributed by atoms with E-state index in [0.29, 0.717) is 19.5 Å². The second kappa shape index (κ2) is 12.1. The van der Waals surface area contributed by atoms with Crippen molar-refractivity contribution < 1.29 is 14.3 Å². The first-order valence-electron chi connectivity index (χ1n) is 11.8. The molecule has 2 saturated heterocycles. The monoisotopic (exact) mass is 430 g/mol. The van der Waals surface area contributed by atoms with Gasteiger partial charge in [-0.2, -0.15) is 0 Å². The van der Waals surface area contributed by atoms with E-state index in [2.05, 4.69) is 22.0 Å². The summed E-state index contributed by atoms with van der Waals surface area (Å²) in [6.07, 6.45) is 3.92. The maximum absolute atomic E-state index is 13.0. The largest absolute Gasteiger partial charge is 0.497 e. The van der Waals surface area contributed by atoms with Crippen molar-refractivity contribution in [3.8, 4) is 5.75 Å². The van der Waals surface area contributed by atoms with Crippen LogP contribution in [0, 0.1) is 0 Å². The number of rotatable bonds is 9. The summed E-state index contributed by atoms with van der Waals surface area (Å²) in [7, 11) is 1.64. The molecule has 1 aromatic rings. The fourth-order valence-electron chi connectivity index (χ4n) is 4.49. The van der Waals surface area contributed by atoms with E-state index in [-0.39, 0.29) is 11.8 Å². The molecule has 3 rings (SSSR count). The van der Waals surface area contributed by atoms with E-state index in [1.807, 2.05) is 24.3 Å². The van der Waals surface area contributed by atoms with E-state index in [4.69, 9.17) is 4.74 Å². The van der Waals surface area contributed by atoms with Crippen molar-refractivity contribution in [2.75, 3.05) is 52.9 Å². The minimum absolute atomic E-state index is 0.0195. The molecule has 31 heavy (non-hydrogen) atoms. The van der Waals surface area contributed by atoms with Crippen molar-refractivity contribution in [1.29, 1.82) is 0 Å². The Morgan fingerprint density at radius 3 is 2.68 bits per heavy atom. The molecule has 0 radical (unpaired) electrons. The van der Waals surface area contributed by atoms with Crippen LogP contribution in [-0.2, 0) is 16.1 Å². The number of benzene rings is 1. The van der Waals surface area contributed by atoms with Crippen LogP contribution in [0.2, 0.25) is 0 Å². The molecule has 2 fully saturated rings. The number of ether oxygens (including phenoxy) is 1. The predicted octanol–water partition coefficient (Wildman–Crippen LogP) is 2.11. The Labute approximate surface area is 186 Å². The molecule has 2 amide bonds. The zero-order valence-electron chi connectivity index (χ0n) is 19.1. The highest BCUT2D eigenvalue weighted by Gasteiger charge is 2.31. The molecule has 2 aliphatic heterocycles. The summed E-state index contributed by atoms with van der Waals surface area (Å²) in [5, 5.41) is 3.10. The van der Waals surface area contributed by atoms with E-state index in [1.54, 1.807) is 12.0 Å². The third-order valence-corrected chi connectivity index (χ3v) is 6.47. The molecular weight excluding hydrogens is 392 g/mol. The van der Waals surface area contributed by atoms with Crippen LogP contribution >= 0.6 is 0 Å². The maximum atomic E-state index is 13.0. The topological polar surface area (TPSA) is 65.1 Å². The smallest absolute Gasteiger partial charge is 0.242 e. The number of likely N-dealkylation sites (N-methyl/N-ethyl adjacent to an activating group) is 1. The molecule has 7 heteroatoms. The van der Waals surface area contributed by atoms with E-state index < -0.39 is 6.04 Å². The summed E-state index contributed by atoms with van der Waals surface area (Å²) in [6, 6.07) is 7.33. The first-order chi connectivity index (χ1) is 15.1. The highest BCUT2D eigenvalue weighted by Crippen LogP contribution is 2.22. The SMILES string of the molecule is CCN1CCN(CCCNC(=O)C2CCCCC(=O)N2Cc2cccc(OC)c2)CC1. The lowest BCUT2D eigenvalue weighted by atomic mass is 10.1. The third kappa shape index (κ3) is 6.94. The second-order valence-corrected chi connectivity index (χ2v) is 8.56. The summed E-state index contributed by atoms with van der Waals surface area (Å²) in [5.41, 5.74) is 0.985. The summed E-state index contributed by atoms with van der Waals surface area (Å²) < 4.78 is 5.31. The average Bonchev–Trinajstić information content (AvgIpc) is 2.98. The Balaban J connectivity index is 1.51. The maximum Gasteiger partial charge on any atom is 0.242 e. The number of carbonyl (C=O) groups excluding carboxylic acids is 2. The molecule has 2 heterocycles. The molecule has 2 aliphatic rings. The van der Waals surface area contributed by atoms with Gasteiger partial charge in [-0.25, -0.2) is 0 Å². The molecule has 0 aromatic heterocycles. The number of methoxy groups -OCH3 is 1. The van der Waals surface area contributed by atoms with Gasteiger partial charge in [0.05, 0.1) is 7.11 Å². The number of hydrogen-bond acceptors (Lipinski definition) is 5. The van der Waals surface area contributed by atoms with Gasteiger partial charge in [0, 0.05) is 45.7 Å². The minimum Gasteiger partial charge on any atom is -0.497 e. The number of piperazine rings is 1. The summed E-state index contributed by atoms with van der Waals surface area (Å²) in [5.74, 6) is 0.809. The number of amides is 2. The van der Waals surface area contributed by atoms with Crippen LogP contribution in [0.3, 0.4) is 0 Å². The highest BCUT2D eigenvalue weighted by molar-refractivity contribution is 5.88. The average molecular weight is 431 g/mol. The van der Waals surface area contributed by atoms with Crippen LogP contribution in [0.1, 0.15) is 44.6 Å². The van der Waals surface area contributed by atoms with Gasteiger partial charge in [-0.1, -0.05) is 25.5 Å². The number of likely N-dealkylation sites (tertiary alicyclic amines) is 1. The van der Waals surface area contributed by atoms with Crippen molar-refractivity contribution in [1.82, 2.24) is 20.0 Å². The fraction of sp³-hybridized carbons (Fsp3) is 0.667. The number of carbonyl (C=O) groups is 2. The Bertz CT molecular complexity index is 719. The highest BCUT2D eigenvalue weighted by atomic mass is 16.5. The molecule has 172 valence electrons. The van der Waals surface area contributed by atoms with Crippen LogP contribution in [0.25, 0.3) is 0 Å². The number of nitrogens with one attached hydrogen (secondary N) is 1. The van der Waals surface area contributed by atoms with Crippen molar-refractivity contribution >= 4 is 11.8 Å². The second-order valence-electron chi connectivity index (χ2n) is 8.56. The zero-order valence-corrected chi connectivity index (χ0v) is 19.1. The van der Waals surface area contributed by atoms with Gasteiger partial charge in [0.1, 0.15) is 11.8 Å². The van der Waals surface area contributed by atoms with Gasteiger partial charge in [0.25, 0.3) is 0 Å². The molecule has 1 atom stereocenters. The predicted molar refractivity (Wildman–Crippen MR) is 122 cm³/mol. The lowest BCUT2D eigenvalue weighted by Crippen LogP contribution is -2.49. The molecule has 0 aliphatic carbocycles. The van der Waals surface area contributed by atoms with Crippen molar-refractivity contribution in [3.63, 3.8) is 0 Å². The van der Waals surface area contributed by atoms with Crippen molar-refractivity contribution in [2.45, 2.75) is 51.6 Å². The molecule has 1 N–H and O–H groups in total. The van der Waals surface area contributed by atoms with Gasteiger partial charge in [-0.3, -0.25) is 9.59 Å². The first kappa shape index (κ1) is 23.5. The van der Waals surface area contributed by atoms with Crippen LogP contribution in [-0.4, -0.2) is 85.5 Å².